The van der Waals surface area contributed by atoms with Gasteiger partial charge in [0.15, 0.2) is 11.5 Å². The molecular weight excluding hydrogens is 646 g/mol. The van der Waals surface area contributed by atoms with E-state index in [0.717, 1.165) is 49.8 Å². The number of aryl methyl sites for hydroxylation is 1. The first-order chi connectivity index (χ1) is 24.9. The van der Waals surface area contributed by atoms with Gasteiger partial charge in [-0.3, -0.25) is 0 Å². The summed E-state index contributed by atoms with van der Waals surface area (Å²) >= 11 is 0. The van der Waals surface area contributed by atoms with E-state index in [0.29, 0.717) is 61.2 Å². The molecule has 0 radical (unpaired) electrons. The molecule has 0 fully saturated rings. The van der Waals surface area contributed by atoms with Crippen LogP contribution in [-0.2, 0) is 25.7 Å². The van der Waals surface area contributed by atoms with Crippen LogP contribution in [0.5, 0.6) is 28.7 Å². The highest BCUT2D eigenvalue weighted by Gasteiger charge is 2.44. The molecule has 2 aliphatic heterocycles. The highest BCUT2D eigenvalue weighted by atomic mass is 16.5. The van der Waals surface area contributed by atoms with Crippen LogP contribution in [0.1, 0.15) is 75.3 Å². The van der Waals surface area contributed by atoms with E-state index in [1.807, 2.05) is 24.4 Å². The maximum Gasteiger partial charge on any atom is 0.161 e. The average Bonchev–Trinajstić information content (AvgIpc) is 3.63. The summed E-state index contributed by atoms with van der Waals surface area (Å²) in [5.41, 5.74) is 10.3. The minimum absolute atomic E-state index is 0.000630. The van der Waals surface area contributed by atoms with Crippen molar-refractivity contribution in [2.45, 2.75) is 68.7 Å². The van der Waals surface area contributed by atoms with Gasteiger partial charge in [0, 0.05) is 52.9 Å². The Morgan fingerprint density at radius 3 is 2.63 bits per heavy atom. The number of phenolic OH excluding ortho intramolecular Hbond substituents is 2. The number of methoxy groups -OCH3 is 1. The van der Waals surface area contributed by atoms with Gasteiger partial charge in [-0.15, -0.1) is 0 Å². The number of hydrogen-bond acceptors (Lipinski definition) is 8. The normalized spacial score (nSPS) is 22.7. The predicted molar refractivity (Wildman–Crippen MR) is 193 cm³/mol. The fourth-order valence-corrected chi connectivity index (χ4v) is 9.03. The number of aromatic nitrogens is 1. The van der Waals surface area contributed by atoms with Crippen LogP contribution in [-0.4, -0.2) is 63.0 Å². The van der Waals surface area contributed by atoms with Crippen LogP contribution in [0, 0.1) is 0 Å². The SMILES string of the molecule is COc1cc([C@H]2Oc3c(c4c(c5c3CC[C@@H](CO)O5)-c3ccc(O)c5c3[C@H](C4)[C@@H](c3ccc4[nH]ccc4c3)C=C5)C[C@H]2O)cc(CCCO)c1O. The summed E-state index contributed by atoms with van der Waals surface area (Å²) < 4.78 is 19.0. The van der Waals surface area contributed by atoms with E-state index in [9.17, 15) is 25.5 Å². The molecule has 3 heterocycles. The highest BCUT2D eigenvalue weighted by Crippen LogP contribution is 2.59. The van der Waals surface area contributed by atoms with E-state index in [4.69, 9.17) is 14.2 Å². The summed E-state index contributed by atoms with van der Waals surface area (Å²) in [6, 6.07) is 15.9. The van der Waals surface area contributed by atoms with E-state index in [1.165, 1.54) is 12.7 Å². The molecule has 51 heavy (non-hydrogen) atoms. The zero-order valence-corrected chi connectivity index (χ0v) is 28.4. The van der Waals surface area contributed by atoms with Gasteiger partial charge >= 0.3 is 0 Å². The van der Waals surface area contributed by atoms with Gasteiger partial charge in [-0.05, 0) is 113 Å². The highest BCUT2D eigenvalue weighted by molar-refractivity contribution is 5.89. The Bertz CT molecular complexity index is 2220. The maximum absolute atomic E-state index is 11.9. The second-order valence-electron chi connectivity index (χ2n) is 14.3. The molecule has 0 bridgehead atoms. The number of ether oxygens (including phenoxy) is 3. The Kier molecular flexibility index (Phi) is 7.76. The smallest absolute Gasteiger partial charge is 0.161 e. The largest absolute Gasteiger partial charge is 0.507 e. The molecule has 0 amide bonds. The number of hydrogen-bond donors (Lipinski definition) is 6. The van der Waals surface area contributed by atoms with Crippen LogP contribution in [0.25, 0.3) is 28.1 Å². The van der Waals surface area contributed by atoms with E-state index in [-0.39, 0.29) is 48.4 Å². The summed E-state index contributed by atoms with van der Waals surface area (Å²) in [4.78, 5) is 3.29. The first-order valence-corrected chi connectivity index (χ1v) is 17.8. The van der Waals surface area contributed by atoms with Gasteiger partial charge in [-0.1, -0.05) is 24.3 Å². The van der Waals surface area contributed by atoms with E-state index in [2.05, 4.69) is 35.3 Å². The predicted octanol–water partition coefficient (Wildman–Crippen LogP) is 6.35. The number of nitrogens with one attached hydrogen (secondary N) is 1. The minimum atomic E-state index is -0.899. The molecule has 9 rings (SSSR count). The molecule has 9 nitrogen and oxygen atoms in total. The summed E-state index contributed by atoms with van der Waals surface area (Å²) in [7, 11) is 1.49. The van der Waals surface area contributed by atoms with Crippen molar-refractivity contribution in [2.24, 2.45) is 0 Å². The van der Waals surface area contributed by atoms with E-state index in [1.54, 1.807) is 12.1 Å². The molecule has 6 N–H and O–H groups in total. The maximum atomic E-state index is 11.9. The number of benzene rings is 4. The second kappa shape index (κ2) is 12.4. The summed E-state index contributed by atoms with van der Waals surface area (Å²) in [5, 5.41) is 54.7. The first kappa shape index (κ1) is 32.0. The molecule has 4 aliphatic rings. The minimum Gasteiger partial charge on any atom is -0.507 e. The fraction of sp³-hybridized carbons (Fsp3) is 0.333. The summed E-state index contributed by atoms with van der Waals surface area (Å²) in [5.74, 6) is 1.98. The molecule has 5 atom stereocenters. The third-order valence-corrected chi connectivity index (χ3v) is 11.5. The molecule has 0 saturated heterocycles. The van der Waals surface area contributed by atoms with Crippen molar-refractivity contribution >= 4 is 17.0 Å². The van der Waals surface area contributed by atoms with Crippen LogP contribution in [0.3, 0.4) is 0 Å². The number of aromatic amines is 1. The number of aliphatic hydroxyl groups excluding tert-OH is 3. The molecule has 0 unspecified atom stereocenters. The van der Waals surface area contributed by atoms with Crippen molar-refractivity contribution in [3.8, 4) is 39.9 Å². The number of allylic oxidation sites excluding steroid dienone is 1. The molecule has 9 heteroatoms. The van der Waals surface area contributed by atoms with Gasteiger partial charge in [0.25, 0.3) is 0 Å². The summed E-state index contributed by atoms with van der Waals surface area (Å²) in [6.45, 7) is -0.128. The van der Waals surface area contributed by atoms with Gasteiger partial charge in [-0.25, -0.2) is 0 Å². The van der Waals surface area contributed by atoms with Crippen molar-refractivity contribution in [2.75, 3.05) is 20.3 Å². The fourth-order valence-electron chi connectivity index (χ4n) is 9.03. The van der Waals surface area contributed by atoms with Crippen LogP contribution in [0.4, 0.5) is 0 Å². The van der Waals surface area contributed by atoms with E-state index >= 15 is 0 Å². The Balaban J connectivity index is 1.21. The van der Waals surface area contributed by atoms with Gasteiger partial charge in [0.05, 0.1) is 19.8 Å². The molecule has 1 aromatic heterocycles. The third-order valence-electron chi connectivity index (χ3n) is 11.5. The van der Waals surface area contributed by atoms with Gasteiger partial charge < -0.3 is 44.7 Å². The van der Waals surface area contributed by atoms with Crippen LogP contribution in [0.2, 0.25) is 0 Å². The summed E-state index contributed by atoms with van der Waals surface area (Å²) in [6.07, 6.45) is 7.33. The molecule has 0 spiro atoms. The number of H-pyrrole nitrogens is 1. The molecular formula is C42H41NO8. The lowest BCUT2D eigenvalue weighted by atomic mass is 9.65. The monoisotopic (exact) mass is 687 g/mol. The molecule has 4 aromatic carbocycles. The lowest BCUT2D eigenvalue weighted by Crippen LogP contribution is -2.35. The first-order valence-electron chi connectivity index (χ1n) is 17.8. The topological polar surface area (TPSA) is 145 Å². The Morgan fingerprint density at radius 2 is 1.80 bits per heavy atom. The van der Waals surface area contributed by atoms with Crippen molar-refractivity contribution in [3.63, 3.8) is 0 Å². The molecule has 0 saturated carbocycles. The Labute approximate surface area is 295 Å². The molecule has 5 aromatic rings. The van der Waals surface area contributed by atoms with Crippen molar-refractivity contribution in [1.29, 1.82) is 0 Å². The average molecular weight is 688 g/mol. The van der Waals surface area contributed by atoms with Crippen LogP contribution < -0.4 is 14.2 Å². The van der Waals surface area contributed by atoms with Gasteiger partial charge in [-0.2, -0.15) is 0 Å². The molecule has 2 aliphatic carbocycles. The second-order valence-corrected chi connectivity index (χ2v) is 14.3. The zero-order chi connectivity index (χ0) is 35.0. The number of phenols is 2. The zero-order valence-electron chi connectivity index (χ0n) is 28.4. The lowest BCUT2D eigenvalue weighted by Gasteiger charge is -2.42. The third kappa shape index (κ3) is 5.01. The van der Waals surface area contributed by atoms with Gasteiger partial charge in [0.2, 0.25) is 0 Å². The number of aliphatic hydroxyl groups is 3. The van der Waals surface area contributed by atoms with Crippen molar-refractivity contribution < 1.29 is 39.7 Å². The number of rotatable bonds is 7. The van der Waals surface area contributed by atoms with Gasteiger partial charge in [0.1, 0.15) is 29.5 Å². The molecule has 262 valence electrons. The number of fused-ring (bicyclic) bond motifs is 8. The number of aromatic hydroxyl groups is 2. The lowest BCUT2D eigenvalue weighted by molar-refractivity contribution is 0.0180. The Morgan fingerprint density at radius 1 is 0.922 bits per heavy atom. The van der Waals surface area contributed by atoms with Crippen molar-refractivity contribution in [3.05, 3.63) is 105 Å². The van der Waals surface area contributed by atoms with Crippen molar-refractivity contribution in [1.82, 2.24) is 4.98 Å². The van der Waals surface area contributed by atoms with E-state index < -0.39 is 12.2 Å². The van der Waals surface area contributed by atoms with Crippen LogP contribution >= 0.6 is 0 Å². The van der Waals surface area contributed by atoms with Crippen LogP contribution in [0.15, 0.2) is 60.8 Å². The quantitative estimate of drug-likeness (QED) is 0.116. The Hall–Kier alpha value is -4.96. The standard InChI is InChI=1S/C42H41NO8/c1-49-36-17-24(16-23(39(36)48)3-2-14-44)40-35(47)19-32-31-18-30-26(21-4-10-33-22(15-21)12-13-43-33)7-8-27-34(46)11-9-28(37(27)30)38(31)42-29(41(32)51-40)6-5-25(20-45)50-42/h4,7-13,15-17,25-26,30,35,40,43-48H,2-3,5-6,14,18-20H2,1H3/t25-,26+,30+,35+,40+/m0/s1.